The van der Waals surface area contributed by atoms with Crippen LogP contribution in [-0.4, -0.2) is 58.3 Å². The second-order valence-corrected chi connectivity index (χ2v) is 6.36. The molecular weight excluding hydrogens is 266 g/mol. The van der Waals surface area contributed by atoms with E-state index in [1.165, 1.54) is 12.5 Å². The summed E-state index contributed by atoms with van der Waals surface area (Å²) in [5, 5.41) is 19.2. The molecule has 0 bridgehead atoms. The van der Waals surface area contributed by atoms with Gasteiger partial charge in [0.25, 0.3) is 0 Å². The summed E-state index contributed by atoms with van der Waals surface area (Å²) in [6.45, 7) is 5.09. The van der Waals surface area contributed by atoms with Gasteiger partial charge in [0.15, 0.2) is 0 Å². The number of rotatable bonds is 3. The first-order valence-electron chi connectivity index (χ1n) is 7.84. The Kier molecular flexibility index (Phi) is 4.33. The molecule has 1 atom stereocenters. The number of phenolic OH excluding ortho intramolecular Hbond substituents is 2. The van der Waals surface area contributed by atoms with E-state index < -0.39 is 0 Å². The van der Waals surface area contributed by atoms with Gasteiger partial charge in [-0.15, -0.1) is 0 Å². The lowest BCUT2D eigenvalue weighted by atomic mass is 10.0. The van der Waals surface area contributed by atoms with Crippen molar-refractivity contribution in [1.29, 1.82) is 0 Å². The highest BCUT2D eigenvalue weighted by atomic mass is 16.3. The molecule has 116 valence electrons. The summed E-state index contributed by atoms with van der Waals surface area (Å²) >= 11 is 0. The number of phenols is 2. The SMILES string of the molecule is NC1CCN(C2CCN(Cc3ccc(O)cc3O)C2)CC1. The zero-order valence-corrected chi connectivity index (χ0v) is 12.4. The van der Waals surface area contributed by atoms with Crippen molar-refractivity contribution in [1.82, 2.24) is 9.80 Å². The molecule has 2 aliphatic heterocycles. The van der Waals surface area contributed by atoms with Crippen LogP contribution in [0.2, 0.25) is 0 Å². The molecule has 0 aromatic heterocycles. The zero-order valence-electron chi connectivity index (χ0n) is 12.4. The Balaban J connectivity index is 1.55. The molecule has 2 fully saturated rings. The molecule has 4 N–H and O–H groups in total. The largest absolute Gasteiger partial charge is 0.508 e. The number of nitrogens with zero attached hydrogens (tertiary/aromatic N) is 2. The normalized spacial score (nSPS) is 25.5. The molecule has 2 heterocycles. The van der Waals surface area contributed by atoms with Gasteiger partial charge in [0.2, 0.25) is 0 Å². The van der Waals surface area contributed by atoms with E-state index in [1.54, 1.807) is 12.1 Å². The van der Waals surface area contributed by atoms with E-state index >= 15 is 0 Å². The van der Waals surface area contributed by atoms with Gasteiger partial charge < -0.3 is 15.9 Å². The fourth-order valence-corrected chi connectivity index (χ4v) is 3.47. The number of benzene rings is 1. The van der Waals surface area contributed by atoms with Gasteiger partial charge in [-0.2, -0.15) is 0 Å². The van der Waals surface area contributed by atoms with Gasteiger partial charge in [0.05, 0.1) is 0 Å². The van der Waals surface area contributed by atoms with Crippen LogP contribution in [0.1, 0.15) is 24.8 Å². The molecule has 1 unspecified atom stereocenters. The van der Waals surface area contributed by atoms with Gasteiger partial charge in [-0.25, -0.2) is 0 Å². The Labute approximate surface area is 126 Å². The molecule has 2 saturated heterocycles. The van der Waals surface area contributed by atoms with Crippen LogP contribution in [-0.2, 0) is 6.54 Å². The van der Waals surface area contributed by atoms with Crippen LogP contribution in [0.15, 0.2) is 18.2 Å². The predicted molar refractivity (Wildman–Crippen MR) is 82.2 cm³/mol. The third-order valence-corrected chi connectivity index (χ3v) is 4.80. The molecule has 0 aliphatic carbocycles. The molecule has 5 nitrogen and oxygen atoms in total. The van der Waals surface area contributed by atoms with Crippen LogP contribution in [0.25, 0.3) is 0 Å². The molecule has 21 heavy (non-hydrogen) atoms. The van der Waals surface area contributed by atoms with Crippen molar-refractivity contribution in [2.75, 3.05) is 26.2 Å². The van der Waals surface area contributed by atoms with Gasteiger partial charge in [-0.1, -0.05) is 6.07 Å². The maximum Gasteiger partial charge on any atom is 0.123 e. The smallest absolute Gasteiger partial charge is 0.123 e. The van der Waals surface area contributed by atoms with E-state index in [1.807, 2.05) is 0 Å². The highest BCUT2D eigenvalue weighted by Gasteiger charge is 2.29. The van der Waals surface area contributed by atoms with Gasteiger partial charge in [0, 0.05) is 43.3 Å². The molecule has 0 saturated carbocycles. The van der Waals surface area contributed by atoms with Crippen LogP contribution in [0.5, 0.6) is 11.5 Å². The van der Waals surface area contributed by atoms with Crippen molar-refractivity contribution in [2.45, 2.75) is 37.9 Å². The first-order chi connectivity index (χ1) is 10.1. The van der Waals surface area contributed by atoms with E-state index in [9.17, 15) is 10.2 Å². The van der Waals surface area contributed by atoms with Gasteiger partial charge in [0.1, 0.15) is 11.5 Å². The second-order valence-electron chi connectivity index (χ2n) is 6.36. The summed E-state index contributed by atoms with van der Waals surface area (Å²) in [4.78, 5) is 4.95. The fraction of sp³-hybridized carbons (Fsp3) is 0.625. The molecule has 0 spiro atoms. The second kappa shape index (κ2) is 6.22. The van der Waals surface area contributed by atoms with E-state index in [-0.39, 0.29) is 11.5 Å². The summed E-state index contributed by atoms with van der Waals surface area (Å²) in [5.74, 6) is 0.294. The van der Waals surface area contributed by atoms with Crippen LogP contribution in [0, 0.1) is 0 Å². The summed E-state index contributed by atoms with van der Waals surface area (Å²) in [6.07, 6.45) is 3.40. The monoisotopic (exact) mass is 291 g/mol. The predicted octanol–water partition coefficient (Wildman–Crippen LogP) is 1.10. The first-order valence-corrected chi connectivity index (χ1v) is 7.84. The topological polar surface area (TPSA) is 73.0 Å². The van der Waals surface area contributed by atoms with Gasteiger partial charge in [-0.05, 0) is 38.4 Å². The highest BCUT2D eigenvalue weighted by Crippen LogP contribution is 2.26. The van der Waals surface area contributed by atoms with Gasteiger partial charge >= 0.3 is 0 Å². The summed E-state index contributed by atoms with van der Waals surface area (Å²) in [6, 6.07) is 5.85. The minimum atomic E-state index is 0.111. The number of likely N-dealkylation sites (tertiary alicyclic amines) is 2. The summed E-state index contributed by atoms with van der Waals surface area (Å²) in [5.41, 5.74) is 6.85. The standard InChI is InChI=1S/C16H25N3O2/c17-13-3-7-19(8-4-13)14-5-6-18(11-14)10-12-1-2-15(20)9-16(12)21/h1-2,9,13-14,20-21H,3-8,10-11,17H2. The Morgan fingerprint density at radius 1 is 1.10 bits per heavy atom. The third kappa shape index (κ3) is 3.48. The number of hydrogen-bond donors (Lipinski definition) is 3. The Bertz CT molecular complexity index is 486. The molecular formula is C16H25N3O2. The highest BCUT2D eigenvalue weighted by molar-refractivity contribution is 5.38. The van der Waals surface area contributed by atoms with Gasteiger partial charge in [-0.3, -0.25) is 9.80 Å². The minimum Gasteiger partial charge on any atom is -0.508 e. The first kappa shape index (κ1) is 14.6. The van der Waals surface area contributed by atoms with Crippen molar-refractivity contribution in [3.8, 4) is 11.5 Å². The van der Waals surface area contributed by atoms with Crippen molar-refractivity contribution in [3.05, 3.63) is 23.8 Å². The van der Waals surface area contributed by atoms with Crippen molar-refractivity contribution in [3.63, 3.8) is 0 Å². The Morgan fingerprint density at radius 2 is 1.86 bits per heavy atom. The molecule has 5 heteroatoms. The van der Waals surface area contributed by atoms with E-state index in [0.29, 0.717) is 12.1 Å². The van der Waals surface area contributed by atoms with E-state index in [2.05, 4.69) is 9.80 Å². The molecule has 0 amide bonds. The average Bonchev–Trinajstić information content (AvgIpc) is 2.91. The van der Waals surface area contributed by atoms with Crippen LogP contribution < -0.4 is 5.73 Å². The Hall–Kier alpha value is -1.30. The summed E-state index contributed by atoms with van der Waals surface area (Å²) in [7, 11) is 0. The molecule has 0 radical (unpaired) electrons. The molecule has 2 aliphatic rings. The number of hydrogen-bond acceptors (Lipinski definition) is 5. The lowest BCUT2D eigenvalue weighted by Gasteiger charge is -2.34. The average molecular weight is 291 g/mol. The zero-order chi connectivity index (χ0) is 14.8. The number of nitrogens with two attached hydrogens (primary N) is 1. The Morgan fingerprint density at radius 3 is 2.57 bits per heavy atom. The number of piperidine rings is 1. The molecule has 3 rings (SSSR count). The van der Waals surface area contributed by atoms with Crippen LogP contribution in [0.4, 0.5) is 0 Å². The van der Waals surface area contributed by atoms with Crippen molar-refractivity contribution >= 4 is 0 Å². The summed E-state index contributed by atoms with van der Waals surface area (Å²) < 4.78 is 0. The minimum absolute atomic E-state index is 0.111. The van der Waals surface area contributed by atoms with Crippen molar-refractivity contribution < 1.29 is 10.2 Å². The lowest BCUT2D eigenvalue weighted by Crippen LogP contribution is -2.46. The maximum atomic E-state index is 9.88. The lowest BCUT2D eigenvalue weighted by molar-refractivity contribution is 0.151. The molecule has 1 aromatic rings. The third-order valence-electron chi connectivity index (χ3n) is 4.80. The maximum absolute atomic E-state index is 9.88. The van der Waals surface area contributed by atoms with E-state index in [0.717, 1.165) is 51.1 Å². The number of aromatic hydroxyl groups is 2. The van der Waals surface area contributed by atoms with Crippen LogP contribution in [0.3, 0.4) is 0 Å². The van der Waals surface area contributed by atoms with Crippen molar-refractivity contribution in [2.24, 2.45) is 5.73 Å². The van der Waals surface area contributed by atoms with Crippen LogP contribution >= 0.6 is 0 Å². The fourth-order valence-electron chi connectivity index (χ4n) is 3.47. The quantitative estimate of drug-likeness (QED) is 0.777. The molecule has 1 aromatic carbocycles. The van der Waals surface area contributed by atoms with E-state index in [4.69, 9.17) is 5.73 Å².